The second kappa shape index (κ2) is 12.0. The van der Waals surface area contributed by atoms with Gasteiger partial charge < -0.3 is 10.1 Å². The monoisotopic (exact) mass is 535 g/mol. The molecule has 1 aromatic carbocycles. The molecule has 0 saturated heterocycles. The van der Waals surface area contributed by atoms with Crippen molar-refractivity contribution in [3.63, 3.8) is 0 Å². The third-order valence-electron chi connectivity index (χ3n) is 6.57. The first-order valence-electron chi connectivity index (χ1n) is 12.6. The minimum atomic E-state index is -0.334. The molecule has 3 aromatic rings. The van der Waals surface area contributed by atoms with E-state index in [1.807, 2.05) is 37.5 Å². The van der Waals surface area contributed by atoms with Gasteiger partial charge in [-0.25, -0.2) is 0 Å². The lowest BCUT2D eigenvalue weighted by molar-refractivity contribution is -0.113. The number of nitrogens with zero attached hydrogens (tertiary/aromatic N) is 4. The number of nitrogens with one attached hydrogen (secondary N) is 1. The molecule has 2 heterocycles. The molecule has 0 fully saturated rings. The number of carbonyl (C=O) groups is 1. The highest BCUT2D eigenvalue weighted by atomic mass is 32.2. The number of fused-ring (bicyclic) bond motifs is 1. The number of carbonyl (C=O) groups excluding carboxylic acids is 1. The smallest absolute Gasteiger partial charge is 0.235 e. The summed E-state index contributed by atoms with van der Waals surface area (Å²) in [4.78, 5) is 14.1. The van der Waals surface area contributed by atoms with Crippen LogP contribution in [0.25, 0.3) is 0 Å². The van der Waals surface area contributed by atoms with Gasteiger partial charge in [0.15, 0.2) is 17.1 Å². The molecule has 2 unspecified atom stereocenters. The number of thiophene rings is 1. The van der Waals surface area contributed by atoms with Crippen LogP contribution >= 0.6 is 23.1 Å². The Morgan fingerprint density at radius 1 is 1.38 bits per heavy atom. The van der Waals surface area contributed by atoms with Gasteiger partial charge in [0, 0.05) is 11.4 Å². The lowest BCUT2D eigenvalue weighted by atomic mass is 9.86. The third-order valence-corrected chi connectivity index (χ3v) is 8.71. The lowest BCUT2D eigenvalue weighted by Gasteiger charge is -2.20. The Bertz CT molecular complexity index is 1320. The molecule has 1 amide bonds. The average molecular weight is 536 g/mol. The van der Waals surface area contributed by atoms with E-state index in [4.69, 9.17) is 4.74 Å². The third kappa shape index (κ3) is 6.25. The van der Waals surface area contributed by atoms with Crippen molar-refractivity contribution in [1.29, 1.82) is 5.26 Å². The number of rotatable bonds is 10. The summed E-state index contributed by atoms with van der Waals surface area (Å²) < 4.78 is 8.10. The molecule has 0 aliphatic heterocycles. The summed E-state index contributed by atoms with van der Waals surface area (Å²) in [6, 6.07) is 8.42. The zero-order valence-corrected chi connectivity index (χ0v) is 23.5. The second-order valence-corrected chi connectivity index (χ2v) is 11.5. The van der Waals surface area contributed by atoms with E-state index in [2.05, 4.69) is 41.2 Å². The van der Waals surface area contributed by atoms with Crippen molar-refractivity contribution < 1.29 is 9.53 Å². The zero-order valence-electron chi connectivity index (χ0n) is 21.8. The van der Waals surface area contributed by atoms with E-state index in [0.717, 1.165) is 48.1 Å². The summed E-state index contributed by atoms with van der Waals surface area (Å²) in [6.07, 6.45) is 5.59. The van der Waals surface area contributed by atoms with Gasteiger partial charge in [0.25, 0.3) is 0 Å². The summed E-state index contributed by atoms with van der Waals surface area (Å²) in [5, 5.41) is 22.7. The Hall–Kier alpha value is -3.09. The highest BCUT2D eigenvalue weighted by Crippen LogP contribution is 2.40. The number of hydrogen-bond acceptors (Lipinski definition) is 7. The summed E-state index contributed by atoms with van der Waals surface area (Å²) in [7, 11) is 0. The maximum Gasteiger partial charge on any atom is 0.235 e. The van der Waals surface area contributed by atoms with Gasteiger partial charge in [-0.1, -0.05) is 37.2 Å². The minimum Gasteiger partial charge on any atom is -0.483 e. The standard InChI is InChI=1S/C28H33N5O2S2/c1-6-10-33-26(19(5)35-21-12-17(3)11-18(4)13-21)31-32-28(33)36-16-25(34)30-27-23(15-29)22-9-8-20(7-2)14-24(22)37-27/h6,11-13,19-20H,1,7-10,14,16H2,2-5H3,(H,30,34). The maximum atomic E-state index is 12.9. The zero-order chi connectivity index (χ0) is 26.5. The maximum absolute atomic E-state index is 12.9. The van der Waals surface area contributed by atoms with Crippen LogP contribution in [-0.2, 0) is 24.2 Å². The largest absolute Gasteiger partial charge is 0.483 e. The minimum absolute atomic E-state index is 0.159. The van der Waals surface area contributed by atoms with Gasteiger partial charge in [-0.15, -0.1) is 28.1 Å². The van der Waals surface area contributed by atoms with Gasteiger partial charge in [0.2, 0.25) is 5.91 Å². The molecule has 0 radical (unpaired) electrons. The number of aromatic nitrogens is 3. The topological polar surface area (TPSA) is 92.8 Å². The first-order valence-corrected chi connectivity index (χ1v) is 14.4. The number of nitriles is 1. The molecule has 194 valence electrons. The normalized spacial score (nSPS) is 15.5. The van der Waals surface area contributed by atoms with Gasteiger partial charge in [-0.05, 0) is 74.8 Å². The van der Waals surface area contributed by atoms with Gasteiger partial charge in [0.05, 0.1) is 11.3 Å². The van der Waals surface area contributed by atoms with Crippen LogP contribution in [0.1, 0.15) is 65.7 Å². The fraction of sp³-hybridized carbons (Fsp3) is 0.429. The molecule has 1 N–H and O–H groups in total. The first-order chi connectivity index (χ1) is 17.8. The van der Waals surface area contributed by atoms with Crippen molar-refractivity contribution in [2.75, 3.05) is 11.1 Å². The fourth-order valence-corrected chi connectivity index (χ4v) is 6.85. The number of benzene rings is 1. The molecular formula is C28H33N5O2S2. The van der Waals surface area contributed by atoms with Gasteiger partial charge >= 0.3 is 0 Å². The summed E-state index contributed by atoms with van der Waals surface area (Å²) >= 11 is 2.86. The van der Waals surface area contributed by atoms with Crippen molar-refractivity contribution >= 4 is 34.0 Å². The van der Waals surface area contributed by atoms with Crippen molar-refractivity contribution in [2.24, 2.45) is 5.92 Å². The van der Waals surface area contributed by atoms with Gasteiger partial charge in [-0.3, -0.25) is 9.36 Å². The van der Waals surface area contributed by atoms with Crippen LogP contribution < -0.4 is 10.1 Å². The molecule has 4 rings (SSSR count). The average Bonchev–Trinajstić information content (AvgIpc) is 3.42. The van der Waals surface area contributed by atoms with Crippen LogP contribution in [0.5, 0.6) is 5.75 Å². The molecule has 2 aromatic heterocycles. The van der Waals surface area contributed by atoms with E-state index in [1.54, 1.807) is 17.4 Å². The van der Waals surface area contributed by atoms with E-state index in [0.29, 0.717) is 34.0 Å². The number of aryl methyl sites for hydroxylation is 2. The van der Waals surface area contributed by atoms with Crippen LogP contribution in [0.4, 0.5) is 5.00 Å². The fourth-order valence-electron chi connectivity index (χ4n) is 4.77. The number of allylic oxidation sites excluding steroid dienone is 1. The molecule has 7 nitrogen and oxygen atoms in total. The van der Waals surface area contributed by atoms with E-state index in [-0.39, 0.29) is 17.8 Å². The van der Waals surface area contributed by atoms with Gasteiger partial charge in [-0.2, -0.15) is 5.26 Å². The van der Waals surface area contributed by atoms with Crippen molar-refractivity contribution in [1.82, 2.24) is 14.8 Å². The molecule has 1 aliphatic rings. The first kappa shape index (κ1) is 27.0. The SMILES string of the molecule is C=CCn1c(SCC(=O)Nc2sc3c(c2C#N)CCC(CC)C3)nnc1C(C)Oc1cc(C)cc(C)c1. The summed E-state index contributed by atoms with van der Waals surface area (Å²) in [6.45, 7) is 12.6. The quantitative estimate of drug-likeness (QED) is 0.239. The van der Waals surface area contributed by atoms with Crippen molar-refractivity contribution in [3.8, 4) is 11.8 Å². The van der Waals surface area contributed by atoms with Crippen molar-refractivity contribution in [3.05, 3.63) is 63.8 Å². The van der Waals surface area contributed by atoms with Crippen LogP contribution in [0.2, 0.25) is 0 Å². The Labute approximate surface area is 226 Å². The molecule has 9 heteroatoms. The second-order valence-electron chi connectivity index (χ2n) is 9.50. The Morgan fingerprint density at radius 3 is 2.81 bits per heavy atom. The van der Waals surface area contributed by atoms with Crippen LogP contribution in [0.15, 0.2) is 36.0 Å². The van der Waals surface area contributed by atoms with Crippen LogP contribution in [0.3, 0.4) is 0 Å². The summed E-state index contributed by atoms with van der Waals surface area (Å²) in [5.41, 5.74) is 4.01. The van der Waals surface area contributed by atoms with Crippen molar-refractivity contribution in [2.45, 2.75) is 71.2 Å². The van der Waals surface area contributed by atoms with E-state index >= 15 is 0 Å². The Kier molecular flexibility index (Phi) is 8.72. The molecule has 37 heavy (non-hydrogen) atoms. The predicted octanol–water partition coefficient (Wildman–Crippen LogP) is 6.40. The predicted molar refractivity (Wildman–Crippen MR) is 149 cm³/mol. The molecule has 0 spiro atoms. The molecule has 0 saturated carbocycles. The number of anilines is 1. The van der Waals surface area contributed by atoms with E-state index < -0.39 is 0 Å². The van der Waals surface area contributed by atoms with Gasteiger partial charge in [0.1, 0.15) is 16.8 Å². The molecular weight excluding hydrogens is 502 g/mol. The highest BCUT2D eigenvalue weighted by molar-refractivity contribution is 7.99. The molecule has 0 bridgehead atoms. The lowest BCUT2D eigenvalue weighted by Crippen LogP contribution is -2.15. The number of ether oxygens (including phenoxy) is 1. The number of amides is 1. The number of hydrogen-bond donors (Lipinski definition) is 1. The van der Waals surface area contributed by atoms with E-state index in [1.165, 1.54) is 16.6 Å². The Balaban J connectivity index is 1.44. The summed E-state index contributed by atoms with van der Waals surface area (Å²) in [5.74, 6) is 2.10. The van der Waals surface area contributed by atoms with Crippen LogP contribution in [-0.4, -0.2) is 26.4 Å². The number of thioether (sulfide) groups is 1. The molecule has 2 atom stereocenters. The van der Waals surface area contributed by atoms with Crippen LogP contribution in [0, 0.1) is 31.1 Å². The molecule has 1 aliphatic carbocycles. The Morgan fingerprint density at radius 2 is 2.14 bits per heavy atom. The highest BCUT2D eigenvalue weighted by Gasteiger charge is 2.26. The van der Waals surface area contributed by atoms with E-state index in [9.17, 15) is 10.1 Å².